The van der Waals surface area contributed by atoms with Crippen LogP contribution in [-0.2, 0) is 22.6 Å². The minimum atomic E-state index is -0.605. The molecule has 0 aliphatic carbocycles. The average molecular weight is 387 g/mol. The Balaban J connectivity index is 1.57. The summed E-state index contributed by atoms with van der Waals surface area (Å²) < 4.78 is 39.7. The quantitative estimate of drug-likeness (QED) is 0.742. The van der Waals surface area contributed by atoms with Crippen molar-refractivity contribution in [3.05, 3.63) is 53.1 Å². The normalized spacial score (nSPS) is 17.9. The second-order valence-electron chi connectivity index (χ2n) is 7.60. The van der Waals surface area contributed by atoms with Gasteiger partial charge in [0.25, 0.3) is 0 Å². The molecule has 1 amide bonds. The number of carbonyl (C=O) groups is 1. The van der Waals surface area contributed by atoms with Gasteiger partial charge in [0.05, 0.1) is 6.61 Å². The van der Waals surface area contributed by atoms with Crippen LogP contribution in [0.25, 0.3) is 11.1 Å². The van der Waals surface area contributed by atoms with Gasteiger partial charge in [0.1, 0.15) is 23.0 Å². The van der Waals surface area contributed by atoms with Crippen LogP contribution in [0.4, 0.5) is 8.78 Å². The molecule has 0 atom stereocenters. The van der Waals surface area contributed by atoms with Crippen LogP contribution < -0.4 is 4.74 Å². The van der Waals surface area contributed by atoms with Gasteiger partial charge in [0.2, 0.25) is 6.41 Å². The molecule has 1 fully saturated rings. The van der Waals surface area contributed by atoms with Crippen molar-refractivity contribution in [1.29, 1.82) is 0 Å². The van der Waals surface area contributed by atoms with Crippen molar-refractivity contribution < 1.29 is 23.0 Å². The molecule has 2 aromatic rings. The fourth-order valence-electron chi connectivity index (χ4n) is 4.14. The summed E-state index contributed by atoms with van der Waals surface area (Å²) in [6, 6.07) is 8.37. The molecule has 1 saturated heterocycles. The lowest BCUT2D eigenvalue weighted by Crippen LogP contribution is -2.49. The lowest BCUT2D eigenvalue weighted by molar-refractivity contribution is -0.121. The fraction of sp³-hybridized carbons (Fsp3) is 0.409. The van der Waals surface area contributed by atoms with Crippen molar-refractivity contribution in [2.45, 2.75) is 37.9 Å². The summed E-state index contributed by atoms with van der Waals surface area (Å²) in [5.74, 6) is -0.384. The molecule has 4 nitrogen and oxygen atoms in total. The maximum Gasteiger partial charge on any atom is 0.209 e. The fourth-order valence-corrected chi connectivity index (χ4v) is 4.14. The topological polar surface area (TPSA) is 38.8 Å². The number of nitrogens with zero attached hydrogens (tertiary/aromatic N) is 1. The molecule has 2 aromatic carbocycles. The molecule has 148 valence electrons. The standard InChI is InChI=1S/C22H23F2NO3/c1-27-13-18-19(23)11-17(12-20(18)24)15-2-3-21-16(10-15)4-5-22(28-21)6-8-25(14-26)9-7-22/h2-3,10-12,14H,4-9,13H2,1H3. The summed E-state index contributed by atoms with van der Waals surface area (Å²) in [4.78, 5) is 12.7. The highest BCUT2D eigenvalue weighted by molar-refractivity contribution is 5.66. The number of rotatable bonds is 4. The number of carbonyl (C=O) groups excluding carboxylic acids is 1. The van der Waals surface area contributed by atoms with E-state index in [1.165, 1.54) is 19.2 Å². The van der Waals surface area contributed by atoms with E-state index in [4.69, 9.17) is 9.47 Å². The third kappa shape index (κ3) is 3.49. The van der Waals surface area contributed by atoms with Crippen molar-refractivity contribution in [3.8, 4) is 16.9 Å². The number of amides is 1. The molecule has 0 radical (unpaired) electrons. The number of methoxy groups -OCH3 is 1. The molecule has 28 heavy (non-hydrogen) atoms. The minimum Gasteiger partial charge on any atom is -0.487 e. The van der Waals surface area contributed by atoms with E-state index < -0.39 is 11.6 Å². The highest BCUT2D eigenvalue weighted by Crippen LogP contribution is 2.40. The van der Waals surface area contributed by atoms with Gasteiger partial charge in [0, 0.05) is 38.6 Å². The van der Waals surface area contributed by atoms with Gasteiger partial charge in [-0.15, -0.1) is 0 Å². The number of halogens is 2. The maximum atomic E-state index is 14.2. The number of benzene rings is 2. The molecular weight excluding hydrogens is 364 g/mol. The zero-order chi connectivity index (χ0) is 19.7. The van der Waals surface area contributed by atoms with Gasteiger partial charge < -0.3 is 14.4 Å². The summed E-state index contributed by atoms with van der Waals surface area (Å²) in [5.41, 5.74) is 2.03. The van der Waals surface area contributed by atoms with Gasteiger partial charge in [-0.05, 0) is 53.8 Å². The Morgan fingerprint density at radius 2 is 1.82 bits per heavy atom. The zero-order valence-electron chi connectivity index (χ0n) is 15.8. The van der Waals surface area contributed by atoms with Crippen molar-refractivity contribution in [2.75, 3.05) is 20.2 Å². The SMILES string of the molecule is COCc1c(F)cc(-c2ccc3c(c2)CCC2(CCN(C=O)CC2)O3)cc1F. The molecule has 2 heterocycles. The minimum absolute atomic E-state index is 0.0591. The van der Waals surface area contributed by atoms with Crippen LogP contribution in [0.2, 0.25) is 0 Å². The molecule has 6 heteroatoms. The van der Waals surface area contributed by atoms with E-state index in [-0.39, 0.29) is 17.8 Å². The molecular formula is C22H23F2NO3. The molecule has 0 N–H and O–H groups in total. The summed E-state index contributed by atoms with van der Waals surface area (Å²) >= 11 is 0. The monoisotopic (exact) mass is 387 g/mol. The predicted octanol–water partition coefficient (Wildman–Crippen LogP) is 4.09. The Bertz CT molecular complexity index is 868. The number of aryl methyl sites for hydroxylation is 1. The number of likely N-dealkylation sites (tertiary alicyclic amines) is 1. The van der Waals surface area contributed by atoms with Crippen LogP contribution in [0.1, 0.15) is 30.4 Å². The molecule has 0 saturated carbocycles. The first kappa shape index (κ1) is 18.9. The Labute approximate surface area is 163 Å². The number of hydrogen-bond acceptors (Lipinski definition) is 3. The largest absolute Gasteiger partial charge is 0.487 e. The Kier molecular flexibility index (Phi) is 5.06. The first-order valence-corrected chi connectivity index (χ1v) is 9.52. The third-order valence-corrected chi connectivity index (χ3v) is 5.86. The van der Waals surface area contributed by atoms with Gasteiger partial charge in [-0.3, -0.25) is 4.79 Å². The molecule has 4 rings (SSSR count). The molecule has 2 aliphatic heterocycles. The van der Waals surface area contributed by atoms with Gasteiger partial charge in [0.15, 0.2) is 0 Å². The van der Waals surface area contributed by atoms with Crippen LogP contribution >= 0.6 is 0 Å². The van der Waals surface area contributed by atoms with Crippen molar-refractivity contribution in [2.24, 2.45) is 0 Å². The van der Waals surface area contributed by atoms with Crippen molar-refractivity contribution in [3.63, 3.8) is 0 Å². The number of fused-ring (bicyclic) bond motifs is 1. The van der Waals surface area contributed by atoms with E-state index in [1.54, 1.807) is 4.90 Å². The van der Waals surface area contributed by atoms with E-state index in [1.807, 2.05) is 18.2 Å². The van der Waals surface area contributed by atoms with Crippen LogP contribution in [0, 0.1) is 11.6 Å². The van der Waals surface area contributed by atoms with Gasteiger partial charge in [-0.25, -0.2) is 8.78 Å². The first-order valence-electron chi connectivity index (χ1n) is 9.52. The third-order valence-electron chi connectivity index (χ3n) is 5.86. The molecule has 1 spiro atoms. The number of ether oxygens (including phenoxy) is 2. The Morgan fingerprint density at radius 1 is 1.11 bits per heavy atom. The van der Waals surface area contributed by atoms with Crippen LogP contribution in [-0.4, -0.2) is 37.1 Å². The number of hydrogen-bond donors (Lipinski definition) is 0. The summed E-state index contributed by atoms with van der Waals surface area (Å²) in [5, 5.41) is 0. The maximum absolute atomic E-state index is 14.2. The molecule has 0 unspecified atom stereocenters. The Morgan fingerprint density at radius 3 is 2.46 bits per heavy atom. The summed E-state index contributed by atoms with van der Waals surface area (Å²) in [6.07, 6.45) is 4.27. The van der Waals surface area contributed by atoms with Crippen LogP contribution in [0.3, 0.4) is 0 Å². The lowest BCUT2D eigenvalue weighted by atomic mass is 9.83. The smallest absolute Gasteiger partial charge is 0.209 e. The molecule has 2 aliphatic rings. The second-order valence-corrected chi connectivity index (χ2v) is 7.60. The van der Waals surface area contributed by atoms with Crippen molar-refractivity contribution in [1.82, 2.24) is 4.90 Å². The number of piperidine rings is 1. The summed E-state index contributed by atoms with van der Waals surface area (Å²) in [7, 11) is 1.41. The lowest BCUT2D eigenvalue weighted by Gasteiger charge is -2.43. The molecule has 0 aromatic heterocycles. The van der Waals surface area contributed by atoms with Gasteiger partial charge in [-0.2, -0.15) is 0 Å². The first-order chi connectivity index (χ1) is 13.5. The van der Waals surface area contributed by atoms with E-state index >= 15 is 0 Å². The van der Waals surface area contributed by atoms with E-state index in [0.717, 1.165) is 49.0 Å². The average Bonchev–Trinajstić information content (AvgIpc) is 2.71. The Hall–Kier alpha value is -2.47. The molecule has 0 bridgehead atoms. The summed E-state index contributed by atoms with van der Waals surface area (Å²) in [6.45, 7) is 1.33. The van der Waals surface area contributed by atoms with E-state index in [2.05, 4.69) is 0 Å². The highest BCUT2D eigenvalue weighted by Gasteiger charge is 2.39. The van der Waals surface area contributed by atoms with E-state index in [0.29, 0.717) is 18.7 Å². The van der Waals surface area contributed by atoms with Gasteiger partial charge in [-0.1, -0.05) is 6.07 Å². The predicted molar refractivity (Wildman–Crippen MR) is 101 cm³/mol. The second kappa shape index (κ2) is 7.51. The van der Waals surface area contributed by atoms with Crippen LogP contribution in [0.15, 0.2) is 30.3 Å². The highest BCUT2D eigenvalue weighted by atomic mass is 19.1. The van der Waals surface area contributed by atoms with E-state index in [9.17, 15) is 13.6 Å². The van der Waals surface area contributed by atoms with Crippen LogP contribution in [0.5, 0.6) is 5.75 Å². The van der Waals surface area contributed by atoms with Gasteiger partial charge >= 0.3 is 0 Å². The zero-order valence-corrected chi connectivity index (χ0v) is 15.8. The van der Waals surface area contributed by atoms with Crippen molar-refractivity contribution >= 4 is 6.41 Å².